The van der Waals surface area contributed by atoms with Crippen molar-refractivity contribution in [3.8, 4) is 0 Å². The van der Waals surface area contributed by atoms with E-state index in [-0.39, 0.29) is 5.97 Å². The van der Waals surface area contributed by atoms with Crippen molar-refractivity contribution in [1.82, 2.24) is 5.32 Å². The second-order valence-corrected chi connectivity index (χ2v) is 6.61. The van der Waals surface area contributed by atoms with Gasteiger partial charge in [0.25, 0.3) is 0 Å². The average molecular weight is 259 g/mol. The lowest BCUT2D eigenvalue weighted by molar-refractivity contribution is -0.148. The molecule has 1 aliphatic carbocycles. The number of hydrogen-bond acceptors (Lipinski definition) is 4. The molecule has 0 aromatic heterocycles. The fraction of sp³-hybridized carbons (Fsp3) is 0.923. The van der Waals surface area contributed by atoms with E-state index in [1.807, 2.05) is 18.8 Å². The smallest absolute Gasteiger partial charge is 0.327 e. The summed E-state index contributed by atoms with van der Waals surface area (Å²) in [5.74, 6) is 1.78. The molecule has 0 saturated heterocycles. The first-order valence-electron chi connectivity index (χ1n) is 6.36. The van der Waals surface area contributed by atoms with Crippen LogP contribution >= 0.6 is 11.8 Å². The van der Waals surface area contributed by atoms with Crippen LogP contribution in [-0.4, -0.2) is 36.7 Å². The minimum atomic E-state index is -0.470. The zero-order valence-corrected chi connectivity index (χ0v) is 12.4. The van der Waals surface area contributed by atoms with Crippen LogP contribution in [0.1, 0.15) is 33.6 Å². The first-order valence-corrected chi connectivity index (χ1v) is 7.41. The number of hydrogen-bond donors (Lipinski definition) is 1. The van der Waals surface area contributed by atoms with Gasteiger partial charge in [-0.1, -0.05) is 20.8 Å². The third kappa shape index (κ3) is 3.38. The molecule has 0 aromatic carbocycles. The Bertz CT molecular complexity index is 266. The quantitative estimate of drug-likeness (QED) is 0.712. The normalized spacial score (nSPS) is 21.1. The van der Waals surface area contributed by atoms with Crippen molar-refractivity contribution in [2.75, 3.05) is 19.9 Å². The van der Waals surface area contributed by atoms with E-state index in [0.29, 0.717) is 17.1 Å². The summed E-state index contributed by atoms with van der Waals surface area (Å²) >= 11 is 1.86. The Morgan fingerprint density at radius 2 is 2.06 bits per heavy atom. The lowest BCUT2D eigenvalue weighted by atomic mass is 9.96. The number of ether oxygens (including phenoxy) is 1. The van der Waals surface area contributed by atoms with Crippen molar-refractivity contribution in [3.63, 3.8) is 0 Å². The summed E-state index contributed by atoms with van der Waals surface area (Å²) in [6.45, 7) is 6.65. The highest BCUT2D eigenvalue weighted by molar-refractivity contribution is 8.00. The van der Waals surface area contributed by atoms with Gasteiger partial charge in [-0.3, -0.25) is 4.79 Å². The fourth-order valence-electron chi connectivity index (χ4n) is 1.94. The van der Waals surface area contributed by atoms with Gasteiger partial charge in [-0.2, -0.15) is 11.8 Å². The fourth-order valence-corrected chi connectivity index (χ4v) is 3.34. The van der Waals surface area contributed by atoms with Crippen LogP contribution in [0.15, 0.2) is 0 Å². The van der Waals surface area contributed by atoms with Gasteiger partial charge in [0.2, 0.25) is 0 Å². The molecule has 0 radical (unpaired) electrons. The van der Waals surface area contributed by atoms with Gasteiger partial charge in [0.05, 0.1) is 7.11 Å². The average Bonchev–Trinajstić information content (AvgIpc) is 3.14. The second kappa shape index (κ2) is 6.10. The summed E-state index contributed by atoms with van der Waals surface area (Å²) in [6, 6.07) is 0. The molecule has 0 aromatic rings. The van der Waals surface area contributed by atoms with Crippen molar-refractivity contribution in [2.45, 2.75) is 44.4 Å². The van der Waals surface area contributed by atoms with E-state index >= 15 is 0 Å². The molecule has 3 nitrogen and oxygen atoms in total. The molecule has 1 saturated carbocycles. The highest BCUT2D eigenvalue weighted by Gasteiger charge is 2.51. The summed E-state index contributed by atoms with van der Waals surface area (Å²) in [5, 5.41) is 3.79. The minimum absolute atomic E-state index is 0.106. The van der Waals surface area contributed by atoms with Crippen LogP contribution in [-0.2, 0) is 9.53 Å². The van der Waals surface area contributed by atoms with Gasteiger partial charge in [-0.05, 0) is 31.7 Å². The van der Waals surface area contributed by atoms with Gasteiger partial charge < -0.3 is 10.1 Å². The zero-order chi connectivity index (χ0) is 13.1. The number of methoxy groups -OCH3 is 1. The van der Waals surface area contributed by atoms with Crippen LogP contribution in [0.3, 0.4) is 0 Å². The maximum absolute atomic E-state index is 12.0. The molecule has 2 atom stereocenters. The largest absolute Gasteiger partial charge is 0.468 e. The van der Waals surface area contributed by atoms with E-state index < -0.39 is 5.54 Å². The van der Waals surface area contributed by atoms with Crippen molar-refractivity contribution >= 4 is 17.7 Å². The van der Waals surface area contributed by atoms with E-state index in [4.69, 9.17) is 4.74 Å². The van der Waals surface area contributed by atoms with Crippen LogP contribution in [0.2, 0.25) is 0 Å². The van der Waals surface area contributed by atoms with Crippen LogP contribution in [0.25, 0.3) is 0 Å². The van der Waals surface area contributed by atoms with Crippen LogP contribution in [0, 0.1) is 11.8 Å². The Morgan fingerprint density at radius 3 is 2.41 bits per heavy atom. The molecule has 0 aliphatic heterocycles. The standard InChI is InChI=1S/C13H25NO2S/c1-9(2)10(3)17-8-13(14-4,11-6-7-11)12(15)16-5/h9-11,14H,6-8H2,1-5H3. The number of carbonyl (C=O) groups excluding carboxylic acids is 1. The van der Waals surface area contributed by atoms with Crippen molar-refractivity contribution < 1.29 is 9.53 Å². The van der Waals surface area contributed by atoms with E-state index in [2.05, 4.69) is 26.1 Å². The molecule has 2 unspecified atom stereocenters. The van der Waals surface area contributed by atoms with E-state index in [0.717, 1.165) is 18.6 Å². The summed E-state index contributed by atoms with van der Waals surface area (Å²) in [5.41, 5.74) is -0.470. The molecule has 1 aliphatic rings. The number of nitrogens with one attached hydrogen (secondary N) is 1. The highest BCUT2D eigenvalue weighted by atomic mass is 32.2. The Labute approximate surface area is 109 Å². The predicted octanol–water partition coefficient (Wildman–Crippen LogP) is 2.31. The number of carbonyl (C=O) groups is 1. The van der Waals surface area contributed by atoms with Gasteiger partial charge >= 0.3 is 5.97 Å². The summed E-state index contributed by atoms with van der Waals surface area (Å²) in [6.07, 6.45) is 2.26. The monoisotopic (exact) mass is 259 g/mol. The van der Waals surface area contributed by atoms with Crippen LogP contribution in [0.4, 0.5) is 0 Å². The van der Waals surface area contributed by atoms with Gasteiger partial charge in [0, 0.05) is 11.0 Å². The molecule has 100 valence electrons. The maximum atomic E-state index is 12.0. The molecule has 0 bridgehead atoms. The second-order valence-electron chi connectivity index (χ2n) is 5.25. The molecular weight excluding hydrogens is 234 g/mol. The Balaban J connectivity index is 2.66. The van der Waals surface area contributed by atoms with E-state index in [1.165, 1.54) is 7.11 Å². The molecule has 4 heteroatoms. The topological polar surface area (TPSA) is 38.3 Å². The molecule has 17 heavy (non-hydrogen) atoms. The highest BCUT2D eigenvalue weighted by Crippen LogP contribution is 2.42. The molecular formula is C13H25NO2S. The third-order valence-corrected chi connectivity index (χ3v) is 5.47. The summed E-state index contributed by atoms with van der Waals surface area (Å²) in [7, 11) is 3.35. The first-order chi connectivity index (χ1) is 7.97. The van der Waals surface area contributed by atoms with Crippen molar-refractivity contribution in [3.05, 3.63) is 0 Å². The summed E-state index contributed by atoms with van der Waals surface area (Å²) < 4.78 is 4.99. The maximum Gasteiger partial charge on any atom is 0.327 e. The van der Waals surface area contributed by atoms with Gasteiger partial charge in [0.1, 0.15) is 5.54 Å². The first kappa shape index (κ1) is 14.8. The van der Waals surface area contributed by atoms with Crippen molar-refractivity contribution in [1.29, 1.82) is 0 Å². The number of esters is 1. The lowest BCUT2D eigenvalue weighted by Gasteiger charge is -2.32. The van der Waals surface area contributed by atoms with Gasteiger partial charge in [0.15, 0.2) is 0 Å². The molecule has 1 N–H and O–H groups in total. The number of likely N-dealkylation sites (N-methyl/N-ethyl adjacent to an activating group) is 1. The Hall–Kier alpha value is -0.220. The predicted molar refractivity (Wildman–Crippen MR) is 73.3 cm³/mol. The van der Waals surface area contributed by atoms with E-state index in [1.54, 1.807) is 0 Å². The number of thioether (sulfide) groups is 1. The zero-order valence-electron chi connectivity index (χ0n) is 11.6. The molecule has 1 rings (SSSR count). The van der Waals surface area contributed by atoms with Gasteiger partial charge in [-0.15, -0.1) is 0 Å². The Morgan fingerprint density at radius 1 is 1.47 bits per heavy atom. The SMILES string of the molecule is CNC(CSC(C)C(C)C)(C(=O)OC)C1CC1. The van der Waals surface area contributed by atoms with Crippen molar-refractivity contribution in [2.24, 2.45) is 11.8 Å². The Kier molecular flexibility index (Phi) is 5.32. The minimum Gasteiger partial charge on any atom is -0.468 e. The molecule has 1 fully saturated rings. The third-order valence-electron chi connectivity index (χ3n) is 3.78. The molecule has 0 spiro atoms. The number of rotatable bonds is 7. The molecule has 0 amide bonds. The van der Waals surface area contributed by atoms with Crippen LogP contribution < -0.4 is 5.32 Å². The molecule has 0 heterocycles. The summed E-state index contributed by atoms with van der Waals surface area (Å²) in [4.78, 5) is 12.0. The van der Waals surface area contributed by atoms with Gasteiger partial charge in [-0.25, -0.2) is 0 Å². The lowest BCUT2D eigenvalue weighted by Crippen LogP contribution is -2.55. The van der Waals surface area contributed by atoms with Crippen LogP contribution in [0.5, 0.6) is 0 Å². The van der Waals surface area contributed by atoms with E-state index in [9.17, 15) is 4.79 Å².